The van der Waals surface area contributed by atoms with Crippen molar-refractivity contribution in [2.45, 2.75) is 36.6 Å². The van der Waals surface area contributed by atoms with Gasteiger partial charge in [-0.25, -0.2) is 4.98 Å². The third-order valence-corrected chi connectivity index (χ3v) is 10.4. The van der Waals surface area contributed by atoms with E-state index >= 15 is 0 Å². The molecule has 10 nitrogen and oxygen atoms in total. The number of thioether (sulfide) groups is 1. The summed E-state index contributed by atoms with van der Waals surface area (Å²) < 4.78 is 14.4. The minimum Gasteiger partial charge on any atom is -0.505 e. The molecular weight excluding hydrogens is 694 g/mol. The molecule has 7 rings (SSSR count). The van der Waals surface area contributed by atoms with Gasteiger partial charge >= 0.3 is 5.91 Å². The van der Waals surface area contributed by atoms with Crippen molar-refractivity contribution in [3.8, 4) is 11.5 Å². The summed E-state index contributed by atoms with van der Waals surface area (Å²) in [4.78, 5) is 33.8. The largest absolute Gasteiger partial charge is 0.505 e. The highest BCUT2D eigenvalue weighted by atomic mass is 35.5. The molecule has 1 unspecified atom stereocenters. The first-order valence-electron chi connectivity index (χ1n) is 15.7. The van der Waals surface area contributed by atoms with E-state index in [1.807, 2.05) is 67.6 Å². The Kier molecular flexibility index (Phi) is 9.57. The number of benzene rings is 3. The van der Waals surface area contributed by atoms with Crippen LogP contribution in [-0.4, -0.2) is 43.0 Å². The molecule has 3 aromatic heterocycles. The molecule has 50 heavy (non-hydrogen) atoms. The van der Waals surface area contributed by atoms with Crippen molar-refractivity contribution in [2.24, 2.45) is 0 Å². The number of carbonyl (C=O) groups excluding carboxylic acids is 2. The van der Waals surface area contributed by atoms with E-state index in [1.165, 1.54) is 28.0 Å². The highest BCUT2D eigenvalue weighted by Crippen LogP contribution is 2.46. The maximum atomic E-state index is 14.0. The summed E-state index contributed by atoms with van der Waals surface area (Å²) in [5.41, 5.74) is 3.83. The summed E-state index contributed by atoms with van der Waals surface area (Å²) in [6.07, 6.45) is 1.75. The quantitative estimate of drug-likeness (QED) is 0.0466. The molecular formula is C37H30ClN5O5S2. The molecule has 0 bridgehead atoms. The van der Waals surface area contributed by atoms with Crippen molar-refractivity contribution >= 4 is 62.9 Å². The van der Waals surface area contributed by atoms with Gasteiger partial charge in [-0.1, -0.05) is 89.3 Å². The third-order valence-electron chi connectivity index (χ3n) is 8.07. The number of aliphatic hydroxyl groups is 1. The smallest absolute Gasteiger partial charge is 0.301 e. The number of amides is 1. The number of aromatic nitrogens is 4. The maximum Gasteiger partial charge on any atom is 0.301 e. The second-order valence-corrected chi connectivity index (χ2v) is 13.9. The summed E-state index contributed by atoms with van der Waals surface area (Å²) in [6, 6.07) is 26.9. The first-order chi connectivity index (χ1) is 24.3. The zero-order valence-corrected chi connectivity index (χ0v) is 29.3. The van der Waals surface area contributed by atoms with Crippen LogP contribution >= 0.6 is 34.7 Å². The van der Waals surface area contributed by atoms with E-state index < -0.39 is 17.7 Å². The monoisotopic (exact) mass is 723 g/mol. The lowest BCUT2D eigenvalue weighted by atomic mass is 9.96. The van der Waals surface area contributed by atoms with Gasteiger partial charge in [-0.3, -0.25) is 18.9 Å². The van der Waals surface area contributed by atoms with E-state index in [-0.39, 0.29) is 16.5 Å². The van der Waals surface area contributed by atoms with Gasteiger partial charge in [0.15, 0.2) is 21.6 Å². The number of ether oxygens (including phenoxy) is 2. The number of aryl methyl sites for hydroxylation is 1. The number of anilines is 1. The van der Waals surface area contributed by atoms with Crippen molar-refractivity contribution in [1.82, 2.24) is 19.6 Å². The second-order valence-electron chi connectivity index (χ2n) is 11.3. The van der Waals surface area contributed by atoms with Crippen LogP contribution in [0.15, 0.2) is 107 Å². The summed E-state index contributed by atoms with van der Waals surface area (Å²) in [6.45, 7) is 4.26. The number of hydrogen-bond donors (Lipinski definition) is 1. The Morgan fingerprint density at radius 2 is 1.72 bits per heavy atom. The molecule has 1 amide bonds. The van der Waals surface area contributed by atoms with E-state index in [0.717, 1.165) is 11.1 Å². The summed E-state index contributed by atoms with van der Waals surface area (Å²) in [7, 11) is 0. The van der Waals surface area contributed by atoms with Crippen LogP contribution < -0.4 is 14.4 Å². The number of Topliss-reactive ketones (excluding diaryl/α,β-unsaturated/α-hetero) is 1. The average molecular weight is 724 g/mol. The Bertz CT molecular complexity index is 2240. The zero-order valence-electron chi connectivity index (χ0n) is 26.9. The van der Waals surface area contributed by atoms with Crippen LogP contribution in [0.4, 0.5) is 5.13 Å². The van der Waals surface area contributed by atoms with Crippen molar-refractivity contribution < 1.29 is 24.2 Å². The number of nitrogens with zero attached hydrogens (tertiary/aromatic N) is 5. The van der Waals surface area contributed by atoms with E-state index in [0.29, 0.717) is 62.4 Å². The molecule has 1 aliphatic heterocycles. The zero-order chi connectivity index (χ0) is 34.8. The van der Waals surface area contributed by atoms with Crippen LogP contribution in [0.25, 0.3) is 11.4 Å². The number of rotatable bonds is 11. The molecule has 0 aliphatic carbocycles. The van der Waals surface area contributed by atoms with Gasteiger partial charge in [0.05, 0.1) is 23.9 Å². The van der Waals surface area contributed by atoms with Gasteiger partial charge in [0.1, 0.15) is 17.9 Å². The Hall–Kier alpha value is -5.17. The van der Waals surface area contributed by atoms with Gasteiger partial charge in [-0.05, 0) is 66.9 Å². The SMILES string of the molecule is CCOc1cc(C2C(=C(O)c3c(C)nc4ccccn34)C(=O)C(=O)N2c2nnc(SCc3ccc(Cl)cc3)s2)ccc1OCc1ccccc1. The molecule has 4 heterocycles. The van der Waals surface area contributed by atoms with Gasteiger partial charge in [0.2, 0.25) is 5.13 Å². The molecule has 6 aromatic rings. The van der Waals surface area contributed by atoms with E-state index in [1.54, 1.807) is 47.9 Å². The Morgan fingerprint density at radius 1 is 0.940 bits per heavy atom. The molecule has 1 atom stereocenters. The van der Waals surface area contributed by atoms with Gasteiger partial charge in [-0.15, -0.1) is 10.2 Å². The molecule has 0 spiro atoms. The topological polar surface area (TPSA) is 119 Å². The third kappa shape index (κ3) is 6.57. The number of fused-ring (bicyclic) bond motifs is 1. The molecule has 252 valence electrons. The number of pyridine rings is 1. The van der Waals surface area contributed by atoms with E-state index in [4.69, 9.17) is 21.1 Å². The first-order valence-corrected chi connectivity index (χ1v) is 17.9. The fourth-order valence-electron chi connectivity index (χ4n) is 5.77. The lowest BCUT2D eigenvalue weighted by Gasteiger charge is -2.23. The van der Waals surface area contributed by atoms with Gasteiger partial charge in [-0.2, -0.15) is 0 Å². The van der Waals surface area contributed by atoms with Crippen LogP contribution in [0.2, 0.25) is 5.02 Å². The number of halogens is 1. The summed E-state index contributed by atoms with van der Waals surface area (Å²) >= 11 is 8.68. The van der Waals surface area contributed by atoms with Crippen LogP contribution in [0.5, 0.6) is 11.5 Å². The van der Waals surface area contributed by atoms with Gasteiger partial charge < -0.3 is 14.6 Å². The van der Waals surface area contributed by atoms with E-state index in [9.17, 15) is 14.7 Å². The van der Waals surface area contributed by atoms with Crippen LogP contribution in [-0.2, 0) is 21.9 Å². The van der Waals surface area contributed by atoms with Crippen molar-refractivity contribution in [3.05, 3.63) is 136 Å². The molecule has 1 fully saturated rings. The van der Waals surface area contributed by atoms with Gasteiger partial charge in [0.25, 0.3) is 5.78 Å². The first kappa shape index (κ1) is 33.3. The number of ketones is 1. The Morgan fingerprint density at radius 3 is 2.50 bits per heavy atom. The molecule has 0 radical (unpaired) electrons. The minimum absolute atomic E-state index is 0.102. The van der Waals surface area contributed by atoms with Crippen LogP contribution in [0, 0.1) is 6.92 Å². The molecule has 1 saturated heterocycles. The fraction of sp³-hybridized carbons (Fsp3) is 0.162. The minimum atomic E-state index is -1.06. The molecule has 1 N–H and O–H groups in total. The maximum absolute atomic E-state index is 14.0. The number of hydrogen-bond acceptors (Lipinski definition) is 10. The summed E-state index contributed by atoms with van der Waals surface area (Å²) in [5, 5.41) is 21.5. The number of imidazole rings is 1. The molecule has 1 aliphatic rings. The van der Waals surface area contributed by atoms with Gasteiger partial charge in [0, 0.05) is 17.0 Å². The predicted molar refractivity (Wildman–Crippen MR) is 194 cm³/mol. The predicted octanol–water partition coefficient (Wildman–Crippen LogP) is 8.04. The average Bonchev–Trinajstić information content (AvgIpc) is 3.81. The molecule has 13 heteroatoms. The Labute approximate surface area is 301 Å². The lowest BCUT2D eigenvalue weighted by molar-refractivity contribution is -0.132. The van der Waals surface area contributed by atoms with Crippen LogP contribution in [0.1, 0.15) is 41.0 Å². The highest BCUT2D eigenvalue weighted by molar-refractivity contribution is 8.00. The van der Waals surface area contributed by atoms with Crippen LogP contribution in [0.3, 0.4) is 0 Å². The fourth-order valence-corrected chi connectivity index (χ4v) is 7.72. The standard InChI is InChI=1S/C37H30ClN5O5S2/c1-3-47-28-19-25(14-17-27(28)48-20-23-9-5-4-6-10-23)32-30(33(44)31-22(2)39-29-11-7-8-18-42(29)31)34(45)35(46)43(32)36-40-41-37(50-36)49-21-24-12-15-26(38)16-13-24/h4-19,32,44H,3,20-21H2,1-2H3. The van der Waals surface area contributed by atoms with Crippen molar-refractivity contribution in [3.63, 3.8) is 0 Å². The normalized spacial score (nSPS) is 15.6. The molecule has 3 aromatic carbocycles. The van der Waals surface area contributed by atoms with Crippen molar-refractivity contribution in [2.75, 3.05) is 11.5 Å². The van der Waals surface area contributed by atoms with Crippen molar-refractivity contribution in [1.29, 1.82) is 0 Å². The molecule has 0 saturated carbocycles. The van der Waals surface area contributed by atoms with E-state index in [2.05, 4.69) is 15.2 Å². The summed E-state index contributed by atoms with van der Waals surface area (Å²) in [5.74, 6) is -0.526. The second kappa shape index (κ2) is 14.4. The lowest BCUT2D eigenvalue weighted by Crippen LogP contribution is -2.29. The highest BCUT2D eigenvalue weighted by Gasteiger charge is 2.49. The number of aliphatic hydroxyl groups excluding tert-OH is 1. The Balaban J connectivity index is 1.31. The number of carbonyl (C=O) groups is 2.